The van der Waals surface area contributed by atoms with Gasteiger partial charge in [-0.15, -0.1) is 0 Å². The third-order valence-electron chi connectivity index (χ3n) is 3.83. The van der Waals surface area contributed by atoms with E-state index < -0.39 is 0 Å². The van der Waals surface area contributed by atoms with Gasteiger partial charge in [-0.05, 0) is 24.7 Å². The highest BCUT2D eigenvalue weighted by Crippen LogP contribution is 2.45. The van der Waals surface area contributed by atoms with Crippen molar-refractivity contribution in [1.82, 2.24) is 0 Å². The molecule has 2 saturated carbocycles. The van der Waals surface area contributed by atoms with E-state index in [9.17, 15) is 4.79 Å². The first-order valence-corrected chi connectivity index (χ1v) is 6.52. The van der Waals surface area contributed by atoms with Crippen LogP contribution in [-0.2, 0) is 4.79 Å². The van der Waals surface area contributed by atoms with Gasteiger partial charge in [-0.2, -0.15) is 0 Å². The van der Waals surface area contributed by atoms with Crippen molar-refractivity contribution in [3.05, 3.63) is 0 Å². The quantitative estimate of drug-likeness (QED) is 0.683. The molecule has 2 unspecified atom stereocenters. The van der Waals surface area contributed by atoms with E-state index >= 15 is 0 Å². The summed E-state index contributed by atoms with van der Waals surface area (Å²) < 4.78 is 0. The van der Waals surface area contributed by atoms with Crippen LogP contribution in [0.25, 0.3) is 0 Å². The van der Waals surface area contributed by atoms with Gasteiger partial charge in [0.15, 0.2) is 0 Å². The van der Waals surface area contributed by atoms with Gasteiger partial charge in [0.1, 0.15) is 5.78 Å². The van der Waals surface area contributed by atoms with Crippen LogP contribution in [0.3, 0.4) is 0 Å². The molecule has 0 aliphatic heterocycles. The Kier molecular flexibility index (Phi) is 3.07. The summed E-state index contributed by atoms with van der Waals surface area (Å²) >= 11 is 3.27. The van der Waals surface area contributed by atoms with Gasteiger partial charge in [0.05, 0.1) is 5.33 Å². The molecule has 0 bridgehead atoms. The zero-order chi connectivity index (χ0) is 9.26. The van der Waals surface area contributed by atoms with E-state index in [1.807, 2.05) is 0 Å². The number of fused-ring (bicyclic) bond motifs is 1. The Labute approximate surface area is 88.4 Å². The maximum absolute atomic E-state index is 11.5. The molecule has 0 N–H and O–H groups in total. The molecule has 0 radical (unpaired) electrons. The third kappa shape index (κ3) is 1.98. The first-order chi connectivity index (χ1) is 6.31. The molecule has 1 nitrogen and oxygen atoms in total. The molecular formula is C11H17BrO. The summed E-state index contributed by atoms with van der Waals surface area (Å²) in [6, 6.07) is 0. The minimum absolute atomic E-state index is 0.396. The second-order valence-electron chi connectivity index (χ2n) is 4.57. The monoisotopic (exact) mass is 244 g/mol. The standard InChI is InChI=1S/C11H17BrO/c12-7-11(13)10-5-8-3-1-2-4-9(8)6-10/h8-10H,1-7H2. The van der Waals surface area contributed by atoms with Gasteiger partial charge in [0.25, 0.3) is 0 Å². The van der Waals surface area contributed by atoms with Crippen LogP contribution in [0, 0.1) is 17.8 Å². The van der Waals surface area contributed by atoms with E-state index in [1.165, 1.54) is 38.5 Å². The number of Topliss-reactive ketones (excluding diaryl/α,β-unsaturated/α-hetero) is 1. The van der Waals surface area contributed by atoms with E-state index in [0.717, 1.165) is 11.8 Å². The summed E-state index contributed by atoms with van der Waals surface area (Å²) in [4.78, 5) is 11.5. The minimum atomic E-state index is 0.396. The Morgan fingerprint density at radius 1 is 1.15 bits per heavy atom. The second kappa shape index (κ2) is 4.12. The van der Waals surface area contributed by atoms with E-state index in [1.54, 1.807) is 0 Å². The van der Waals surface area contributed by atoms with E-state index in [4.69, 9.17) is 0 Å². The molecule has 0 aromatic rings. The van der Waals surface area contributed by atoms with Crippen molar-refractivity contribution in [1.29, 1.82) is 0 Å². The number of halogens is 1. The van der Waals surface area contributed by atoms with Gasteiger partial charge in [0.2, 0.25) is 0 Å². The Balaban J connectivity index is 1.94. The zero-order valence-corrected chi connectivity index (χ0v) is 9.55. The zero-order valence-electron chi connectivity index (χ0n) is 7.97. The summed E-state index contributed by atoms with van der Waals surface area (Å²) in [6.07, 6.45) is 7.95. The molecule has 2 aliphatic carbocycles. The lowest BCUT2D eigenvalue weighted by Gasteiger charge is -2.24. The first-order valence-electron chi connectivity index (χ1n) is 5.40. The number of carbonyl (C=O) groups excluding carboxylic acids is 1. The molecule has 2 aliphatic rings. The molecule has 2 heteroatoms. The van der Waals surface area contributed by atoms with Gasteiger partial charge in [-0.25, -0.2) is 0 Å². The molecule has 13 heavy (non-hydrogen) atoms. The van der Waals surface area contributed by atoms with Crippen LogP contribution in [-0.4, -0.2) is 11.1 Å². The summed E-state index contributed by atoms with van der Waals surface area (Å²) in [5.41, 5.74) is 0. The van der Waals surface area contributed by atoms with Gasteiger partial charge < -0.3 is 0 Å². The average Bonchev–Trinajstić information content (AvgIpc) is 2.59. The molecule has 0 saturated heterocycles. The Morgan fingerprint density at radius 3 is 2.15 bits per heavy atom. The lowest BCUT2D eigenvalue weighted by atomic mass is 9.82. The van der Waals surface area contributed by atoms with Crippen molar-refractivity contribution in [3.63, 3.8) is 0 Å². The molecule has 0 heterocycles. The summed E-state index contributed by atoms with van der Waals surface area (Å²) in [6.45, 7) is 0. The van der Waals surface area contributed by atoms with Crippen molar-refractivity contribution in [2.75, 3.05) is 5.33 Å². The number of rotatable bonds is 2. The molecule has 2 fully saturated rings. The molecular weight excluding hydrogens is 228 g/mol. The smallest absolute Gasteiger partial charge is 0.146 e. The number of ketones is 1. The first kappa shape index (κ1) is 9.70. The largest absolute Gasteiger partial charge is 0.298 e. The van der Waals surface area contributed by atoms with Gasteiger partial charge in [-0.3, -0.25) is 4.79 Å². The normalized spacial score (nSPS) is 38.7. The van der Waals surface area contributed by atoms with Crippen molar-refractivity contribution >= 4 is 21.7 Å². The lowest BCUT2D eigenvalue weighted by Crippen LogP contribution is -2.12. The molecule has 74 valence electrons. The topological polar surface area (TPSA) is 17.1 Å². The fourth-order valence-corrected chi connectivity index (χ4v) is 3.56. The third-order valence-corrected chi connectivity index (χ3v) is 4.38. The maximum Gasteiger partial charge on any atom is 0.146 e. The van der Waals surface area contributed by atoms with Crippen LogP contribution in [0.5, 0.6) is 0 Å². The number of hydrogen-bond donors (Lipinski definition) is 0. The number of carbonyl (C=O) groups is 1. The van der Waals surface area contributed by atoms with Crippen molar-refractivity contribution in [2.45, 2.75) is 38.5 Å². The fourth-order valence-electron chi connectivity index (χ4n) is 3.10. The van der Waals surface area contributed by atoms with Crippen LogP contribution in [0.15, 0.2) is 0 Å². The molecule has 0 aromatic heterocycles. The van der Waals surface area contributed by atoms with Crippen LogP contribution >= 0.6 is 15.9 Å². The lowest BCUT2D eigenvalue weighted by molar-refractivity contribution is -0.120. The van der Waals surface area contributed by atoms with Crippen molar-refractivity contribution < 1.29 is 4.79 Å². The molecule has 0 spiro atoms. The van der Waals surface area contributed by atoms with Gasteiger partial charge in [-0.1, -0.05) is 41.6 Å². The second-order valence-corrected chi connectivity index (χ2v) is 5.13. The van der Waals surface area contributed by atoms with E-state index in [2.05, 4.69) is 15.9 Å². The van der Waals surface area contributed by atoms with E-state index in [-0.39, 0.29) is 0 Å². The fraction of sp³-hybridized carbons (Fsp3) is 0.909. The van der Waals surface area contributed by atoms with Crippen molar-refractivity contribution in [3.8, 4) is 0 Å². The Morgan fingerprint density at radius 2 is 1.69 bits per heavy atom. The summed E-state index contributed by atoms with van der Waals surface area (Å²) in [5, 5.41) is 0.567. The summed E-state index contributed by atoms with van der Waals surface area (Å²) in [5.74, 6) is 2.62. The van der Waals surface area contributed by atoms with E-state index in [0.29, 0.717) is 17.0 Å². The maximum atomic E-state index is 11.5. The predicted octanol–water partition coefficient (Wildman–Crippen LogP) is 3.17. The van der Waals surface area contributed by atoms with Gasteiger partial charge in [0, 0.05) is 5.92 Å². The highest BCUT2D eigenvalue weighted by atomic mass is 79.9. The Hall–Kier alpha value is 0.150. The Bertz CT molecular complexity index is 188. The van der Waals surface area contributed by atoms with Gasteiger partial charge >= 0.3 is 0 Å². The highest BCUT2D eigenvalue weighted by Gasteiger charge is 2.37. The van der Waals surface area contributed by atoms with Crippen molar-refractivity contribution in [2.24, 2.45) is 17.8 Å². The van der Waals surface area contributed by atoms with Crippen LogP contribution in [0.2, 0.25) is 0 Å². The van der Waals surface area contributed by atoms with Crippen LogP contribution in [0.4, 0.5) is 0 Å². The number of hydrogen-bond acceptors (Lipinski definition) is 1. The minimum Gasteiger partial charge on any atom is -0.298 e. The highest BCUT2D eigenvalue weighted by molar-refractivity contribution is 9.09. The predicted molar refractivity (Wildman–Crippen MR) is 57.0 cm³/mol. The molecule has 0 amide bonds. The SMILES string of the molecule is O=C(CBr)C1CC2CCCCC2C1. The summed E-state index contributed by atoms with van der Waals surface area (Å²) in [7, 11) is 0. The van der Waals surface area contributed by atoms with Crippen LogP contribution < -0.4 is 0 Å². The molecule has 2 rings (SSSR count). The average molecular weight is 245 g/mol. The molecule has 0 aromatic carbocycles. The molecule has 2 atom stereocenters. The van der Waals surface area contributed by atoms with Crippen LogP contribution in [0.1, 0.15) is 38.5 Å². The number of alkyl halides is 1.